The molecule has 15 heavy (non-hydrogen) atoms. The van der Waals surface area contributed by atoms with E-state index in [4.69, 9.17) is 16.9 Å². The number of imidazole rings is 1. The van der Waals surface area contributed by atoms with Crippen molar-refractivity contribution >= 4 is 11.6 Å². The van der Waals surface area contributed by atoms with Crippen molar-refractivity contribution in [3.8, 4) is 17.3 Å². The second-order valence-electron chi connectivity index (χ2n) is 3.23. The Morgan fingerprint density at radius 3 is 2.53 bits per heavy atom. The molecule has 0 aliphatic rings. The lowest BCUT2D eigenvalue weighted by Gasteiger charge is -1.98. The third kappa shape index (κ3) is 1.85. The van der Waals surface area contributed by atoms with E-state index in [1.165, 1.54) is 5.56 Å². The minimum absolute atomic E-state index is 0.232. The van der Waals surface area contributed by atoms with E-state index in [1.807, 2.05) is 37.3 Å². The van der Waals surface area contributed by atoms with Gasteiger partial charge in [-0.2, -0.15) is 5.26 Å². The van der Waals surface area contributed by atoms with Gasteiger partial charge in [0, 0.05) is 5.56 Å². The van der Waals surface area contributed by atoms with Crippen LogP contribution in [0.25, 0.3) is 11.3 Å². The van der Waals surface area contributed by atoms with Gasteiger partial charge in [-0.3, -0.25) is 0 Å². The molecule has 0 amide bonds. The van der Waals surface area contributed by atoms with Crippen LogP contribution in [0.2, 0.25) is 5.15 Å². The molecule has 0 radical (unpaired) electrons. The lowest BCUT2D eigenvalue weighted by molar-refractivity contribution is 1.23. The molecule has 1 heterocycles. The van der Waals surface area contributed by atoms with Crippen LogP contribution in [0.1, 0.15) is 11.4 Å². The molecule has 0 fully saturated rings. The number of aryl methyl sites for hydroxylation is 1. The number of nitrogens with one attached hydrogen (secondary N) is 1. The summed E-state index contributed by atoms with van der Waals surface area (Å²) >= 11 is 5.90. The summed E-state index contributed by atoms with van der Waals surface area (Å²) < 4.78 is 0. The van der Waals surface area contributed by atoms with Gasteiger partial charge < -0.3 is 4.98 Å². The van der Waals surface area contributed by atoms with E-state index >= 15 is 0 Å². The molecule has 0 aliphatic carbocycles. The zero-order valence-corrected chi connectivity index (χ0v) is 8.84. The molecule has 1 aromatic heterocycles. The Hall–Kier alpha value is -1.79. The van der Waals surface area contributed by atoms with Crippen molar-refractivity contribution in [3.05, 3.63) is 40.8 Å². The van der Waals surface area contributed by atoms with Crippen LogP contribution in [0.15, 0.2) is 24.3 Å². The molecule has 1 N–H and O–H groups in total. The van der Waals surface area contributed by atoms with E-state index in [-0.39, 0.29) is 5.82 Å². The van der Waals surface area contributed by atoms with Crippen molar-refractivity contribution in [1.82, 2.24) is 9.97 Å². The third-order valence-corrected chi connectivity index (χ3v) is 2.38. The van der Waals surface area contributed by atoms with E-state index in [1.54, 1.807) is 0 Å². The molecule has 2 rings (SSSR count). The highest BCUT2D eigenvalue weighted by atomic mass is 35.5. The van der Waals surface area contributed by atoms with Gasteiger partial charge in [-0.25, -0.2) is 4.98 Å². The molecule has 4 heteroatoms. The minimum atomic E-state index is 0.232. The second kappa shape index (κ2) is 3.76. The van der Waals surface area contributed by atoms with Crippen molar-refractivity contribution in [2.45, 2.75) is 6.92 Å². The van der Waals surface area contributed by atoms with E-state index in [9.17, 15) is 0 Å². The number of rotatable bonds is 1. The highest BCUT2D eigenvalue weighted by Crippen LogP contribution is 2.25. The van der Waals surface area contributed by atoms with Gasteiger partial charge in [-0.05, 0) is 6.92 Å². The summed E-state index contributed by atoms with van der Waals surface area (Å²) in [4.78, 5) is 6.74. The molecule has 0 bridgehead atoms. The Morgan fingerprint density at radius 1 is 1.33 bits per heavy atom. The number of benzene rings is 1. The zero-order chi connectivity index (χ0) is 10.8. The quantitative estimate of drug-likeness (QED) is 0.799. The van der Waals surface area contributed by atoms with Crippen LogP contribution in [0, 0.1) is 18.3 Å². The van der Waals surface area contributed by atoms with E-state index in [0.29, 0.717) is 10.8 Å². The molecule has 0 saturated heterocycles. The Bertz CT molecular complexity index is 520. The van der Waals surface area contributed by atoms with Gasteiger partial charge in [0.15, 0.2) is 5.15 Å². The van der Waals surface area contributed by atoms with Crippen molar-refractivity contribution in [2.75, 3.05) is 0 Å². The van der Waals surface area contributed by atoms with Crippen LogP contribution in [-0.4, -0.2) is 9.97 Å². The number of nitriles is 1. The van der Waals surface area contributed by atoms with Crippen molar-refractivity contribution in [1.29, 1.82) is 5.26 Å². The smallest absolute Gasteiger partial charge is 0.212 e. The van der Waals surface area contributed by atoms with E-state index in [2.05, 4.69) is 9.97 Å². The first-order valence-corrected chi connectivity index (χ1v) is 4.81. The van der Waals surface area contributed by atoms with Gasteiger partial charge in [0.05, 0.1) is 5.69 Å². The van der Waals surface area contributed by atoms with Crippen molar-refractivity contribution < 1.29 is 0 Å². The third-order valence-electron chi connectivity index (χ3n) is 2.11. The average Bonchev–Trinajstić information content (AvgIpc) is 2.61. The molecule has 0 atom stereocenters. The second-order valence-corrected chi connectivity index (χ2v) is 3.59. The Labute approximate surface area is 92.3 Å². The normalized spacial score (nSPS) is 9.93. The number of halogens is 1. The number of nitrogens with zero attached hydrogens (tertiary/aromatic N) is 2. The number of hydrogen-bond acceptors (Lipinski definition) is 2. The summed E-state index contributed by atoms with van der Waals surface area (Å²) in [6.07, 6.45) is 0. The summed E-state index contributed by atoms with van der Waals surface area (Å²) in [6.45, 7) is 2.01. The highest BCUT2D eigenvalue weighted by molar-refractivity contribution is 6.31. The molecule has 0 spiro atoms. The molecular weight excluding hydrogens is 210 g/mol. The van der Waals surface area contributed by atoms with E-state index in [0.717, 1.165) is 5.56 Å². The predicted octanol–water partition coefficient (Wildman–Crippen LogP) is 2.91. The first kappa shape index (κ1) is 9.75. The molecule has 0 unspecified atom stereocenters. The van der Waals surface area contributed by atoms with Crippen LogP contribution in [0.5, 0.6) is 0 Å². The van der Waals surface area contributed by atoms with Crippen molar-refractivity contribution in [3.63, 3.8) is 0 Å². The fourth-order valence-electron chi connectivity index (χ4n) is 1.32. The first-order chi connectivity index (χ1) is 7.20. The maximum atomic E-state index is 8.66. The van der Waals surface area contributed by atoms with Crippen molar-refractivity contribution in [2.24, 2.45) is 0 Å². The number of hydrogen-bond donors (Lipinski definition) is 1. The van der Waals surface area contributed by atoms with Crippen LogP contribution in [0.3, 0.4) is 0 Å². The van der Waals surface area contributed by atoms with Crippen LogP contribution >= 0.6 is 11.6 Å². The lowest BCUT2D eigenvalue weighted by atomic mass is 10.1. The topological polar surface area (TPSA) is 52.5 Å². The van der Waals surface area contributed by atoms with Crippen LogP contribution < -0.4 is 0 Å². The molecule has 74 valence electrons. The Morgan fingerprint density at radius 2 is 2.00 bits per heavy atom. The highest BCUT2D eigenvalue weighted by Gasteiger charge is 2.09. The molecule has 1 aromatic carbocycles. The van der Waals surface area contributed by atoms with Crippen LogP contribution in [-0.2, 0) is 0 Å². The Kier molecular flexibility index (Phi) is 2.44. The summed E-state index contributed by atoms with van der Waals surface area (Å²) in [7, 11) is 0. The zero-order valence-electron chi connectivity index (χ0n) is 8.08. The molecule has 0 saturated carbocycles. The first-order valence-electron chi connectivity index (χ1n) is 4.43. The predicted molar refractivity (Wildman–Crippen MR) is 58.5 cm³/mol. The summed E-state index contributed by atoms with van der Waals surface area (Å²) in [5.74, 6) is 0.232. The van der Waals surface area contributed by atoms with Gasteiger partial charge in [0.25, 0.3) is 0 Å². The number of H-pyrrole nitrogens is 1. The molecule has 3 nitrogen and oxygen atoms in total. The van der Waals surface area contributed by atoms with Gasteiger partial charge in [0.2, 0.25) is 5.82 Å². The monoisotopic (exact) mass is 217 g/mol. The fourth-order valence-corrected chi connectivity index (χ4v) is 1.56. The largest absolute Gasteiger partial charge is 0.328 e. The maximum absolute atomic E-state index is 8.66. The van der Waals surface area contributed by atoms with Gasteiger partial charge >= 0.3 is 0 Å². The molecular formula is C11H8ClN3. The number of aromatic amines is 1. The number of aromatic nitrogens is 2. The average molecular weight is 218 g/mol. The minimum Gasteiger partial charge on any atom is -0.328 e. The summed E-state index contributed by atoms with van der Waals surface area (Å²) in [6, 6.07) is 9.77. The van der Waals surface area contributed by atoms with Gasteiger partial charge in [0.1, 0.15) is 6.07 Å². The Balaban J connectivity index is 2.50. The summed E-state index contributed by atoms with van der Waals surface area (Å²) in [5, 5.41) is 8.99. The fraction of sp³-hybridized carbons (Fsp3) is 0.0909. The standard InChI is InChI=1S/C11H8ClN3/c1-7-2-4-8(5-3-7)10-11(12)15-9(6-13)14-10/h2-5H,1H3,(H,14,15). The van der Waals surface area contributed by atoms with Crippen LogP contribution in [0.4, 0.5) is 0 Å². The van der Waals surface area contributed by atoms with E-state index < -0.39 is 0 Å². The SMILES string of the molecule is Cc1ccc(-c2[nH]c(C#N)nc2Cl)cc1. The molecule has 2 aromatic rings. The molecule has 0 aliphatic heterocycles. The van der Waals surface area contributed by atoms with Gasteiger partial charge in [-0.1, -0.05) is 41.4 Å². The maximum Gasteiger partial charge on any atom is 0.212 e. The lowest BCUT2D eigenvalue weighted by Crippen LogP contribution is -1.79. The van der Waals surface area contributed by atoms with Gasteiger partial charge in [-0.15, -0.1) is 0 Å². The summed E-state index contributed by atoms with van der Waals surface area (Å²) in [5.41, 5.74) is 2.79.